The fraction of sp³-hybridized carbons (Fsp3) is 0.346. The van der Waals surface area contributed by atoms with Gasteiger partial charge < -0.3 is 15.5 Å². The summed E-state index contributed by atoms with van der Waals surface area (Å²) in [7, 11) is 0. The highest BCUT2D eigenvalue weighted by molar-refractivity contribution is 7.09. The van der Waals surface area contributed by atoms with Crippen molar-refractivity contribution < 1.29 is 4.79 Å². The largest absolute Gasteiger partial charge is 0.364 e. The lowest BCUT2D eigenvalue weighted by Gasteiger charge is -2.50. The Morgan fingerprint density at radius 3 is 2.81 bits per heavy atom. The number of benzene rings is 2. The summed E-state index contributed by atoms with van der Waals surface area (Å²) in [6.45, 7) is 4.79. The zero-order valence-corrected chi connectivity index (χ0v) is 18.7. The molecule has 0 aliphatic carbocycles. The van der Waals surface area contributed by atoms with E-state index in [0.29, 0.717) is 18.5 Å². The summed E-state index contributed by atoms with van der Waals surface area (Å²) in [6, 6.07) is 21.9. The van der Waals surface area contributed by atoms with Crippen LogP contribution in [0.15, 0.2) is 66.0 Å². The number of rotatable bonds is 5. The SMILES string of the molecule is CCN1c2ccc(C(=O)NCc3cccs3)cc2[C@H]2NCCC[C@H]2C1c1ccccc1. The Balaban J connectivity index is 1.49. The maximum Gasteiger partial charge on any atom is 0.251 e. The summed E-state index contributed by atoms with van der Waals surface area (Å²) in [5.74, 6) is 0.491. The van der Waals surface area contributed by atoms with E-state index in [4.69, 9.17) is 0 Å². The molecule has 1 aromatic heterocycles. The third kappa shape index (κ3) is 3.88. The average Bonchev–Trinajstić information content (AvgIpc) is 3.35. The Labute approximate surface area is 188 Å². The Bertz CT molecular complexity index is 1030. The molecule has 2 aliphatic heterocycles. The number of amides is 1. The molecule has 160 valence electrons. The van der Waals surface area contributed by atoms with Crippen molar-refractivity contribution in [1.82, 2.24) is 10.6 Å². The van der Waals surface area contributed by atoms with E-state index in [1.54, 1.807) is 11.3 Å². The van der Waals surface area contributed by atoms with Crippen LogP contribution in [0.25, 0.3) is 0 Å². The molecular weight excluding hydrogens is 402 g/mol. The molecule has 1 saturated heterocycles. The van der Waals surface area contributed by atoms with Gasteiger partial charge in [0.1, 0.15) is 0 Å². The minimum absolute atomic E-state index is 0.00297. The van der Waals surface area contributed by atoms with E-state index in [1.807, 2.05) is 17.5 Å². The van der Waals surface area contributed by atoms with E-state index in [9.17, 15) is 4.79 Å². The molecule has 2 aliphatic rings. The molecule has 1 fully saturated rings. The number of fused-ring (bicyclic) bond motifs is 3. The third-order valence-electron chi connectivity index (χ3n) is 6.67. The molecule has 1 unspecified atom stereocenters. The number of carbonyl (C=O) groups is 1. The Morgan fingerprint density at radius 2 is 2.03 bits per heavy atom. The molecule has 2 aromatic carbocycles. The Hall–Kier alpha value is -2.63. The van der Waals surface area contributed by atoms with Crippen LogP contribution >= 0.6 is 11.3 Å². The number of nitrogens with one attached hydrogen (secondary N) is 2. The number of carbonyl (C=O) groups excluding carboxylic acids is 1. The average molecular weight is 432 g/mol. The summed E-state index contributed by atoms with van der Waals surface area (Å²) < 4.78 is 0. The van der Waals surface area contributed by atoms with Gasteiger partial charge in [0.05, 0.1) is 12.6 Å². The van der Waals surface area contributed by atoms with Crippen molar-refractivity contribution in [1.29, 1.82) is 0 Å². The van der Waals surface area contributed by atoms with Gasteiger partial charge in [0, 0.05) is 34.6 Å². The van der Waals surface area contributed by atoms with E-state index in [-0.39, 0.29) is 11.9 Å². The second kappa shape index (κ2) is 8.85. The number of hydrogen-bond acceptors (Lipinski definition) is 4. The second-order valence-corrected chi connectivity index (χ2v) is 9.45. The molecule has 4 nitrogen and oxygen atoms in total. The second-order valence-electron chi connectivity index (χ2n) is 8.42. The van der Waals surface area contributed by atoms with Crippen molar-refractivity contribution in [2.75, 3.05) is 18.0 Å². The molecule has 3 atom stereocenters. The van der Waals surface area contributed by atoms with Gasteiger partial charge in [0.25, 0.3) is 5.91 Å². The first-order valence-electron chi connectivity index (χ1n) is 11.3. The van der Waals surface area contributed by atoms with Crippen LogP contribution in [-0.2, 0) is 6.54 Å². The Kier molecular flexibility index (Phi) is 5.79. The minimum Gasteiger partial charge on any atom is -0.364 e. The van der Waals surface area contributed by atoms with E-state index in [2.05, 4.69) is 71.0 Å². The number of piperidine rings is 1. The van der Waals surface area contributed by atoms with Crippen LogP contribution in [-0.4, -0.2) is 19.0 Å². The van der Waals surface area contributed by atoms with Gasteiger partial charge in [-0.05, 0) is 67.1 Å². The monoisotopic (exact) mass is 431 g/mol. The van der Waals surface area contributed by atoms with Crippen LogP contribution in [0.3, 0.4) is 0 Å². The molecule has 3 heterocycles. The molecule has 0 saturated carbocycles. The summed E-state index contributed by atoms with van der Waals surface area (Å²) in [5.41, 5.74) is 4.64. The van der Waals surface area contributed by atoms with Crippen molar-refractivity contribution >= 4 is 22.9 Å². The lowest BCUT2D eigenvalue weighted by Crippen LogP contribution is -2.47. The van der Waals surface area contributed by atoms with Crippen LogP contribution in [0.4, 0.5) is 5.69 Å². The zero-order valence-electron chi connectivity index (χ0n) is 17.9. The van der Waals surface area contributed by atoms with Crippen LogP contribution in [0.2, 0.25) is 0 Å². The normalized spacial score (nSPS) is 22.5. The first-order chi connectivity index (χ1) is 15.3. The van der Waals surface area contributed by atoms with Gasteiger partial charge in [-0.15, -0.1) is 11.3 Å². The van der Waals surface area contributed by atoms with Gasteiger partial charge in [-0.2, -0.15) is 0 Å². The summed E-state index contributed by atoms with van der Waals surface area (Å²) in [5, 5.41) is 8.90. The molecule has 5 heteroatoms. The van der Waals surface area contributed by atoms with Crippen molar-refractivity contribution in [2.45, 2.75) is 38.4 Å². The number of nitrogens with zero attached hydrogens (tertiary/aromatic N) is 1. The maximum atomic E-state index is 12.9. The first-order valence-corrected chi connectivity index (χ1v) is 12.1. The van der Waals surface area contributed by atoms with E-state index in [1.165, 1.54) is 34.5 Å². The molecule has 5 rings (SSSR count). The molecule has 31 heavy (non-hydrogen) atoms. The Morgan fingerprint density at radius 1 is 1.16 bits per heavy atom. The predicted octanol–water partition coefficient (Wildman–Crippen LogP) is 5.30. The molecule has 0 bridgehead atoms. The van der Waals surface area contributed by atoms with Gasteiger partial charge in [-0.25, -0.2) is 0 Å². The molecule has 0 radical (unpaired) electrons. The highest BCUT2D eigenvalue weighted by Gasteiger charge is 2.42. The standard InChI is InChI=1S/C26H29N3OS/c1-2-29-23-13-12-19(26(30)28-17-20-10-7-15-31-20)16-22(23)24-21(11-6-14-27-24)25(29)18-8-4-3-5-9-18/h3-5,7-10,12-13,15-16,21,24-25,27H,2,6,11,14,17H2,1H3,(H,28,30)/t21-,24+,25?/m1/s1. The van der Waals surface area contributed by atoms with E-state index >= 15 is 0 Å². The molecular formula is C26H29N3OS. The number of anilines is 1. The van der Waals surface area contributed by atoms with Gasteiger partial charge in [-0.3, -0.25) is 4.79 Å². The van der Waals surface area contributed by atoms with Gasteiger partial charge in [-0.1, -0.05) is 36.4 Å². The topological polar surface area (TPSA) is 44.4 Å². The fourth-order valence-electron chi connectivity index (χ4n) is 5.31. The van der Waals surface area contributed by atoms with E-state index in [0.717, 1.165) is 18.7 Å². The van der Waals surface area contributed by atoms with Crippen LogP contribution in [0, 0.1) is 5.92 Å². The van der Waals surface area contributed by atoms with Crippen molar-refractivity contribution in [2.24, 2.45) is 5.92 Å². The van der Waals surface area contributed by atoms with Crippen LogP contribution < -0.4 is 15.5 Å². The molecule has 3 aromatic rings. The van der Waals surface area contributed by atoms with Gasteiger partial charge in [0.2, 0.25) is 0 Å². The highest BCUT2D eigenvalue weighted by Crippen LogP contribution is 2.50. The first kappa shape index (κ1) is 20.3. The summed E-state index contributed by atoms with van der Waals surface area (Å²) in [6.07, 6.45) is 2.39. The van der Waals surface area contributed by atoms with Crippen LogP contribution in [0.5, 0.6) is 0 Å². The minimum atomic E-state index is -0.00297. The van der Waals surface area contributed by atoms with Crippen molar-refractivity contribution in [3.05, 3.63) is 87.6 Å². The van der Waals surface area contributed by atoms with Crippen molar-refractivity contribution in [3.63, 3.8) is 0 Å². The number of hydrogen-bond donors (Lipinski definition) is 2. The third-order valence-corrected chi connectivity index (χ3v) is 7.54. The van der Waals surface area contributed by atoms with Crippen LogP contribution in [0.1, 0.15) is 58.2 Å². The fourth-order valence-corrected chi connectivity index (χ4v) is 5.95. The quantitative estimate of drug-likeness (QED) is 0.576. The summed E-state index contributed by atoms with van der Waals surface area (Å²) in [4.78, 5) is 16.6. The lowest BCUT2D eigenvalue weighted by molar-refractivity contribution is 0.0951. The van der Waals surface area contributed by atoms with E-state index < -0.39 is 0 Å². The lowest BCUT2D eigenvalue weighted by atomic mass is 9.74. The highest BCUT2D eigenvalue weighted by atomic mass is 32.1. The molecule has 0 spiro atoms. The maximum absolute atomic E-state index is 12.9. The molecule has 2 N–H and O–H groups in total. The predicted molar refractivity (Wildman–Crippen MR) is 128 cm³/mol. The molecule has 1 amide bonds. The van der Waals surface area contributed by atoms with Crippen molar-refractivity contribution in [3.8, 4) is 0 Å². The number of thiophene rings is 1. The zero-order chi connectivity index (χ0) is 21.2. The van der Waals surface area contributed by atoms with Gasteiger partial charge >= 0.3 is 0 Å². The smallest absolute Gasteiger partial charge is 0.251 e. The summed E-state index contributed by atoms with van der Waals surface area (Å²) >= 11 is 1.67. The van der Waals surface area contributed by atoms with Gasteiger partial charge in [0.15, 0.2) is 0 Å².